The van der Waals surface area contributed by atoms with Crippen LogP contribution in [-0.2, 0) is 4.74 Å². The molecule has 3 rings (SSSR count). The van der Waals surface area contributed by atoms with E-state index in [0.717, 1.165) is 0 Å². The van der Waals surface area contributed by atoms with Gasteiger partial charge in [-0.3, -0.25) is 14.7 Å². The van der Waals surface area contributed by atoms with Gasteiger partial charge in [-0.1, -0.05) is 12.1 Å². The molecule has 0 bridgehead atoms. The zero-order valence-electron chi connectivity index (χ0n) is 13.7. The Morgan fingerprint density at radius 3 is 2.85 bits per heavy atom. The zero-order valence-corrected chi connectivity index (χ0v) is 13.7. The van der Waals surface area contributed by atoms with Gasteiger partial charge in [-0.25, -0.2) is 19.7 Å². The summed E-state index contributed by atoms with van der Waals surface area (Å²) >= 11 is 0. The van der Waals surface area contributed by atoms with Crippen molar-refractivity contribution >= 4 is 23.2 Å². The Morgan fingerprint density at radius 1 is 1.35 bits per heavy atom. The van der Waals surface area contributed by atoms with Gasteiger partial charge < -0.3 is 10.1 Å². The van der Waals surface area contributed by atoms with E-state index in [0.29, 0.717) is 5.69 Å². The third kappa shape index (κ3) is 3.34. The second-order valence-corrected chi connectivity index (χ2v) is 5.01. The Kier molecular flexibility index (Phi) is 4.83. The van der Waals surface area contributed by atoms with Crippen molar-refractivity contribution < 1.29 is 14.5 Å². The average molecular weight is 354 g/mol. The molecule has 0 atom stereocenters. The van der Waals surface area contributed by atoms with Crippen molar-refractivity contribution in [3.63, 3.8) is 0 Å². The van der Waals surface area contributed by atoms with Crippen molar-refractivity contribution in [3.05, 3.63) is 65.0 Å². The Bertz CT molecular complexity index is 942. The SMILES string of the molecule is CCOC(=O)c1ccccc1Nc1ncnc(-n2ccnc2)c1[N+](=O)[O-]. The first-order chi connectivity index (χ1) is 12.6. The van der Waals surface area contributed by atoms with E-state index < -0.39 is 10.9 Å². The number of imidazole rings is 1. The standard InChI is InChI=1S/C16H14N6O4/c1-2-26-16(23)11-5-3-4-6-12(11)20-14-13(22(24)25)15(19-9-18-14)21-8-7-17-10-21/h3-10H,2H2,1H3,(H,18,19,20). The predicted octanol–water partition coefficient (Wildman–Crippen LogP) is 2.49. The number of para-hydroxylation sites is 1. The number of hydrogen-bond donors (Lipinski definition) is 1. The van der Waals surface area contributed by atoms with Crippen LogP contribution in [-0.4, -0.2) is 37.0 Å². The van der Waals surface area contributed by atoms with E-state index >= 15 is 0 Å². The van der Waals surface area contributed by atoms with Crippen LogP contribution in [0.4, 0.5) is 17.2 Å². The smallest absolute Gasteiger partial charge is 0.354 e. The molecule has 2 heterocycles. The minimum atomic E-state index is -0.593. The number of nitrogens with zero attached hydrogens (tertiary/aromatic N) is 5. The molecule has 26 heavy (non-hydrogen) atoms. The van der Waals surface area contributed by atoms with Crippen molar-refractivity contribution in [2.75, 3.05) is 11.9 Å². The Balaban J connectivity index is 2.06. The molecular weight excluding hydrogens is 340 g/mol. The lowest BCUT2D eigenvalue weighted by atomic mass is 10.2. The van der Waals surface area contributed by atoms with E-state index in [2.05, 4.69) is 20.3 Å². The van der Waals surface area contributed by atoms with Gasteiger partial charge in [0.2, 0.25) is 11.6 Å². The summed E-state index contributed by atoms with van der Waals surface area (Å²) < 4.78 is 6.41. The second kappa shape index (κ2) is 7.38. The lowest BCUT2D eigenvalue weighted by molar-refractivity contribution is -0.384. The van der Waals surface area contributed by atoms with E-state index in [1.54, 1.807) is 31.2 Å². The van der Waals surface area contributed by atoms with Crippen molar-refractivity contribution in [1.82, 2.24) is 19.5 Å². The number of aromatic nitrogens is 4. The molecule has 0 aliphatic rings. The number of rotatable bonds is 6. The Labute approximate surface area is 147 Å². The van der Waals surface area contributed by atoms with Crippen molar-refractivity contribution in [3.8, 4) is 5.82 Å². The number of anilines is 2. The number of hydrogen-bond acceptors (Lipinski definition) is 8. The van der Waals surface area contributed by atoms with Gasteiger partial charge in [0.1, 0.15) is 12.7 Å². The van der Waals surface area contributed by atoms with E-state index in [9.17, 15) is 14.9 Å². The maximum Gasteiger partial charge on any atom is 0.354 e. The Morgan fingerprint density at radius 2 is 2.15 bits per heavy atom. The minimum absolute atomic E-state index is 0.0505. The van der Waals surface area contributed by atoms with Crippen LogP contribution >= 0.6 is 0 Å². The van der Waals surface area contributed by atoms with E-state index in [1.807, 2.05) is 0 Å². The lowest BCUT2D eigenvalue weighted by Gasteiger charge is -2.12. The second-order valence-electron chi connectivity index (χ2n) is 5.01. The summed E-state index contributed by atoms with van der Waals surface area (Å²) in [4.78, 5) is 34.9. The molecule has 0 aliphatic heterocycles. The van der Waals surface area contributed by atoms with Crippen LogP contribution in [0, 0.1) is 10.1 Å². The van der Waals surface area contributed by atoms with Crippen LogP contribution in [0.5, 0.6) is 0 Å². The Hall–Kier alpha value is -3.82. The quantitative estimate of drug-likeness (QED) is 0.406. The van der Waals surface area contributed by atoms with Crippen LogP contribution in [0.25, 0.3) is 5.82 Å². The summed E-state index contributed by atoms with van der Waals surface area (Å²) in [5.41, 5.74) is 0.236. The average Bonchev–Trinajstić information content (AvgIpc) is 3.16. The molecule has 0 amide bonds. The fourth-order valence-electron chi connectivity index (χ4n) is 2.31. The van der Waals surface area contributed by atoms with Gasteiger partial charge in [0, 0.05) is 12.4 Å². The highest BCUT2D eigenvalue weighted by molar-refractivity contribution is 5.96. The fourth-order valence-corrected chi connectivity index (χ4v) is 2.31. The molecule has 10 nitrogen and oxygen atoms in total. The summed E-state index contributed by atoms with van der Waals surface area (Å²) in [6, 6.07) is 6.52. The summed E-state index contributed by atoms with van der Waals surface area (Å²) in [6.07, 6.45) is 5.60. The van der Waals surface area contributed by atoms with Crippen molar-refractivity contribution in [1.29, 1.82) is 0 Å². The zero-order chi connectivity index (χ0) is 18.5. The molecule has 0 saturated heterocycles. The minimum Gasteiger partial charge on any atom is -0.462 e. The molecule has 0 fully saturated rings. The van der Waals surface area contributed by atoms with Crippen LogP contribution in [0.15, 0.2) is 49.3 Å². The molecule has 0 unspecified atom stereocenters. The first-order valence-corrected chi connectivity index (χ1v) is 7.62. The summed E-state index contributed by atoms with van der Waals surface area (Å²) in [5.74, 6) is -0.536. The highest BCUT2D eigenvalue weighted by atomic mass is 16.6. The molecule has 0 saturated carbocycles. The van der Waals surface area contributed by atoms with Crippen molar-refractivity contribution in [2.24, 2.45) is 0 Å². The molecule has 1 aromatic carbocycles. The van der Waals surface area contributed by atoms with Gasteiger partial charge in [0.15, 0.2) is 0 Å². The summed E-state index contributed by atoms with van der Waals surface area (Å²) in [7, 11) is 0. The fraction of sp³-hybridized carbons (Fsp3) is 0.125. The number of esters is 1. The van der Waals surface area contributed by atoms with E-state index in [-0.39, 0.29) is 29.5 Å². The maximum absolute atomic E-state index is 12.1. The van der Waals surface area contributed by atoms with Crippen LogP contribution in [0.1, 0.15) is 17.3 Å². The first kappa shape index (κ1) is 17.0. The molecule has 10 heteroatoms. The van der Waals surface area contributed by atoms with Crippen LogP contribution in [0.2, 0.25) is 0 Å². The largest absolute Gasteiger partial charge is 0.462 e. The first-order valence-electron chi connectivity index (χ1n) is 7.62. The monoisotopic (exact) mass is 354 g/mol. The van der Waals surface area contributed by atoms with Gasteiger partial charge in [0.05, 0.1) is 22.8 Å². The molecule has 0 spiro atoms. The van der Waals surface area contributed by atoms with Crippen LogP contribution < -0.4 is 5.32 Å². The van der Waals surface area contributed by atoms with Gasteiger partial charge >= 0.3 is 11.7 Å². The predicted molar refractivity (Wildman–Crippen MR) is 91.5 cm³/mol. The normalized spacial score (nSPS) is 10.3. The summed E-state index contributed by atoms with van der Waals surface area (Å²) in [5, 5.41) is 14.4. The van der Waals surface area contributed by atoms with Crippen LogP contribution in [0.3, 0.4) is 0 Å². The lowest BCUT2D eigenvalue weighted by Crippen LogP contribution is -2.10. The highest BCUT2D eigenvalue weighted by Crippen LogP contribution is 2.31. The number of ether oxygens (including phenoxy) is 1. The maximum atomic E-state index is 12.1. The third-order valence-corrected chi connectivity index (χ3v) is 3.41. The van der Waals surface area contributed by atoms with E-state index in [1.165, 1.54) is 29.6 Å². The number of nitro groups is 1. The summed E-state index contributed by atoms with van der Waals surface area (Å²) in [6.45, 7) is 1.91. The van der Waals surface area contributed by atoms with E-state index in [4.69, 9.17) is 4.74 Å². The highest BCUT2D eigenvalue weighted by Gasteiger charge is 2.25. The molecule has 2 aromatic heterocycles. The van der Waals surface area contributed by atoms with Gasteiger partial charge in [0.25, 0.3) is 0 Å². The number of carbonyl (C=O) groups excluding carboxylic acids is 1. The number of nitrogens with one attached hydrogen (secondary N) is 1. The third-order valence-electron chi connectivity index (χ3n) is 3.41. The van der Waals surface area contributed by atoms with Gasteiger partial charge in [-0.15, -0.1) is 0 Å². The number of benzene rings is 1. The van der Waals surface area contributed by atoms with Gasteiger partial charge in [-0.05, 0) is 19.1 Å². The molecular formula is C16H14N6O4. The molecule has 0 aliphatic carbocycles. The molecule has 0 radical (unpaired) electrons. The van der Waals surface area contributed by atoms with Crippen molar-refractivity contribution in [2.45, 2.75) is 6.92 Å². The molecule has 132 valence electrons. The number of carbonyl (C=O) groups is 1. The van der Waals surface area contributed by atoms with Gasteiger partial charge in [-0.2, -0.15) is 0 Å². The molecule has 3 aromatic rings. The molecule has 1 N–H and O–H groups in total. The topological polar surface area (TPSA) is 125 Å².